The minimum absolute atomic E-state index is 0.156. The molecule has 0 radical (unpaired) electrons. The van der Waals surface area contributed by atoms with Crippen LogP contribution in [-0.4, -0.2) is 0 Å². The van der Waals surface area contributed by atoms with Crippen molar-refractivity contribution in [2.45, 2.75) is 51.5 Å². The van der Waals surface area contributed by atoms with Crippen molar-refractivity contribution >= 4 is 11.3 Å². The largest absolute Gasteiger partial charge is 0.324 e. The third-order valence-electron chi connectivity index (χ3n) is 3.72. The Bertz CT molecular complexity index is 505. The first-order valence-corrected chi connectivity index (χ1v) is 8.23. The van der Waals surface area contributed by atoms with Crippen LogP contribution < -0.4 is 5.73 Å². The standard InChI is InChI=1S/C18H25NS/c1-18(2,3)15-11-9-14(10-12-15)17(19)8-4-6-16-7-5-13-20-16/h5,7,9-13,17H,4,6,8,19H2,1-3H3. The van der Waals surface area contributed by atoms with E-state index in [1.165, 1.54) is 16.0 Å². The molecule has 1 aromatic carbocycles. The van der Waals surface area contributed by atoms with Gasteiger partial charge in [0, 0.05) is 10.9 Å². The minimum Gasteiger partial charge on any atom is -0.324 e. The van der Waals surface area contributed by atoms with Gasteiger partial charge in [0.05, 0.1) is 0 Å². The Balaban J connectivity index is 1.87. The van der Waals surface area contributed by atoms with Gasteiger partial charge < -0.3 is 5.73 Å². The number of thiophene rings is 1. The average molecular weight is 287 g/mol. The van der Waals surface area contributed by atoms with Crippen molar-refractivity contribution in [1.82, 2.24) is 0 Å². The maximum Gasteiger partial charge on any atom is 0.0294 e. The fourth-order valence-electron chi connectivity index (χ4n) is 2.35. The second kappa shape index (κ2) is 6.55. The molecule has 0 fully saturated rings. The normalized spacial score (nSPS) is 13.4. The summed E-state index contributed by atoms with van der Waals surface area (Å²) in [6.07, 6.45) is 3.35. The average Bonchev–Trinajstić information content (AvgIpc) is 2.91. The van der Waals surface area contributed by atoms with Crippen LogP contribution in [0.3, 0.4) is 0 Å². The summed E-state index contributed by atoms with van der Waals surface area (Å²) in [7, 11) is 0. The summed E-state index contributed by atoms with van der Waals surface area (Å²) >= 11 is 1.83. The quantitative estimate of drug-likeness (QED) is 0.816. The summed E-state index contributed by atoms with van der Waals surface area (Å²) in [5.74, 6) is 0. The number of nitrogens with two attached hydrogens (primary N) is 1. The Kier molecular flexibility index (Phi) is 5.00. The Labute approximate surface area is 126 Å². The lowest BCUT2D eigenvalue weighted by atomic mass is 9.86. The Hall–Kier alpha value is -1.12. The highest BCUT2D eigenvalue weighted by Gasteiger charge is 2.14. The molecule has 2 aromatic rings. The number of rotatable bonds is 5. The third kappa shape index (κ3) is 4.19. The molecule has 0 saturated heterocycles. The summed E-state index contributed by atoms with van der Waals surface area (Å²) in [5, 5.41) is 2.14. The molecule has 0 aliphatic heterocycles. The molecule has 1 unspecified atom stereocenters. The van der Waals surface area contributed by atoms with E-state index in [1.807, 2.05) is 11.3 Å². The second-order valence-electron chi connectivity index (χ2n) is 6.45. The fourth-order valence-corrected chi connectivity index (χ4v) is 3.10. The summed E-state index contributed by atoms with van der Waals surface area (Å²) in [6, 6.07) is 13.3. The molecule has 0 saturated carbocycles. The van der Waals surface area contributed by atoms with Crippen LogP contribution in [0.25, 0.3) is 0 Å². The van der Waals surface area contributed by atoms with Gasteiger partial charge in [-0.25, -0.2) is 0 Å². The maximum atomic E-state index is 6.30. The van der Waals surface area contributed by atoms with Crippen LogP contribution >= 0.6 is 11.3 Å². The maximum absolute atomic E-state index is 6.30. The monoisotopic (exact) mass is 287 g/mol. The molecule has 1 atom stereocenters. The molecule has 0 aliphatic carbocycles. The molecule has 108 valence electrons. The molecule has 0 amide bonds. The van der Waals surface area contributed by atoms with E-state index in [1.54, 1.807) is 0 Å². The predicted molar refractivity (Wildman–Crippen MR) is 89.3 cm³/mol. The van der Waals surface area contributed by atoms with Crippen molar-refractivity contribution in [3.05, 3.63) is 57.8 Å². The molecule has 2 N–H and O–H groups in total. The molecule has 0 spiro atoms. The Morgan fingerprint density at radius 3 is 2.35 bits per heavy atom. The van der Waals surface area contributed by atoms with E-state index < -0.39 is 0 Å². The molecule has 2 heteroatoms. The van der Waals surface area contributed by atoms with Gasteiger partial charge in [-0.05, 0) is 47.3 Å². The van der Waals surface area contributed by atoms with Crippen LogP contribution in [-0.2, 0) is 11.8 Å². The summed E-state index contributed by atoms with van der Waals surface area (Å²) in [5.41, 5.74) is 9.13. The van der Waals surface area contributed by atoms with Crippen molar-refractivity contribution in [2.75, 3.05) is 0 Å². The molecule has 20 heavy (non-hydrogen) atoms. The van der Waals surface area contributed by atoms with E-state index >= 15 is 0 Å². The fraction of sp³-hybridized carbons (Fsp3) is 0.444. The lowest BCUT2D eigenvalue weighted by Crippen LogP contribution is -2.13. The van der Waals surface area contributed by atoms with E-state index in [4.69, 9.17) is 5.73 Å². The second-order valence-corrected chi connectivity index (χ2v) is 7.48. The zero-order valence-electron chi connectivity index (χ0n) is 12.7. The molecule has 2 rings (SSSR count). The van der Waals surface area contributed by atoms with Crippen molar-refractivity contribution in [2.24, 2.45) is 5.73 Å². The first-order chi connectivity index (χ1) is 9.47. The predicted octanol–water partition coefficient (Wildman–Crippen LogP) is 5.07. The number of benzene rings is 1. The highest BCUT2D eigenvalue weighted by atomic mass is 32.1. The zero-order chi connectivity index (χ0) is 14.6. The zero-order valence-corrected chi connectivity index (χ0v) is 13.5. The van der Waals surface area contributed by atoms with Gasteiger partial charge in [-0.3, -0.25) is 0 Å². The van der Waals surface area contributed by atoms with Gasteiger partial charge >= 0.3 is 0 Å². The van der Waals surface area contributed by atoms with E-state index in [-0.39, 0.29) is 11.5 Å². The van der Waals surface area contributed by atoms with Gasteiger partial charge in [-0.15, -0.1) is 11.3 Å². The molecule has 1 heterocycles. The van der Waals surface area contributed by atoms with E-state index in [0.717, 1.165) is 19.3 Å². The topological polar surface area (TPSA) is 26.0 Å². The lowest BCUT2D eigenvalue weighted by molar-refractivity contribution is 0.586. The van der Waals surface area contributed by atoms with E-state index in [0.29, 0.717) is 0 Å². The Morgan fingerprint density at radius 2 is 1.80 bits per heavy atom. The molecular formula is C18H25NS. The lowest BCUT2D eigenvalue weighted by Gasteiger charge is -2.20. The number of hydrogen-bond donors (Lipinski definition) is 1. The first-order valence-electron chi connectivity index (χ1n) is 7.35. The number of aryl methyl sites for hydroxylation is 1. The van der Waals surface area contributed by atoms with Crippen molar-refractivity contribution < 1.29 is 0 Å². The van der Waals surface area contributed by atoms with Gasteiger partial charge in [0.1, 0.15) is 0 Å². The first kappa shape index (κ1) is 15.3. The summed E-state index contributed by atoms with van der Waals surface area (Å²) in [4.78, 5) is 1.46. The third-order valence-corrected chi connectivity index (χ3v) is 4.66. The number of hydrogen-bond acceptors (Lipinski definition) is 2. The van der Waals surface area contributed by atoms with Crippen LogP contribution in [0, 0.1) is 0 Å². The minimum atomic E-state index is 0.156. The van der Waals surface area contributed by atoms with E-state index in [9.17, 15) is 0 Å². The van der Waals surface area contributed by atoms with Crippen molar-refractivity contribution in [3.63, 3.8) is 0 Å². The van der Waals surface area contributed by atoms with Crippen LogP contribution in [0.1, 0.15) is 55.7 Å². The van der Waals surface area contributed by atoms with Crippen LogP contribution in [0.15, 0.2) is 41.8 Å². The molecule has 1 nitrogen and oxygen atoms in total. The molecule has 0 aliphatic rings. The molecule has 0 bridgehead atoms. The van der Waals surface area contributed by atoms with Gasteiger partial charge in [-0.2, -0.15) is 0 Å². The van der Waals surface area contributed by atoms with Gasteiger partial charge in [0.25, 0.3) is 0 Å². The SMILES string of the molecule is CC(C)(C)c1ccc(C(N)CCCc2cccs2)cc1. The highest BCUT2D eigenvalue weighted by molar-refractivity contribution is 7.09. The summed E-state index contributed by atoms with van der Waals surface area (Å²) in [6.45, 7) is 6.72. The Morgan fingerprint density at radius 1 is 1.10 bits per heavy atom. The van der Waals surface area contributed by atoms with Crippen molar-refractivity contribution in [3.8, 4) is 0 Å². The van der Waals surface area contributed by atoms with Crippen LogP contribution in [0.5, 0.6) is 0 Å². The molecular weight excluding hydrogens is 262 g/mol. The van der Waals surface area contributed by atoms with Crippen molar-refractivity contribution in [1.29, 1.82) is 0 Å². The molecule has 1 aromatic heterocycles. The van der Waals surface area contributed by atoms with Gasteiger partial charge in [0.2, 0.25) is 0 Å². The van der Waals surface area contributed by atoms with Crippen LogP contribution in [0.4, 0.5) is 0 Å². The van der Waals surface area contributed by atoms with Gasteiger partial charge in [-0.1, -0.05) is 51.1 Å². The van der Waals surface area contributed by atoms with Gasteiger partial charge in [0.15, 0.2) is 0 Å². The smallest absolute Gasteiger partial charge is 0.0294 e. The van der Waals surface area contributed by atoms with E-state index in [2.05, 4.69) is 62.5 Å². The highest BCUT2D eigenvalue weighted by Crippen LogP contribution is 2.25. The van der Waals surface area contributed by atoms with Crippen LogP contribution in [0.2, 0.25) is 0 Å². The summed E-state index contributed by atoms with van der Waals surface area (Å²) < 4.78 is 0.